The largest absolute Gasteiger partial charge is 0.324 e. The molecule has 2 amide bonds. The van der Waals surface area contributed by atoms with Crippen LogP contribution in [-0.4, -0.2) is 23.5 Å². The van der Waals surface area contributed by atoms with Gasteiger partial charge in [-0.3, -0.25) is 0 Å². The second kappa shape index (κ2) is 4.85. The molecule has 3 unspecified atom stereocenters. The topological polar surface area (TPSA) is 58.4 Å². The summed E-state index contributed by atoms with van der Waals surface area (Å²) in [5.41, 5.74) is 7.74. The Morgan fingerprint density at radius 1 is 1.47 bits per heavy atom. The van der Waals surface area contributed by atoms with Gasteiger partial charge in [-0.25, -0.2) is 4.79 Å². The van der Waals surface area contributed by atoms with E-state index in [1.165, 1.54) is 12.8 Å². The van der Waals surface area contributed by atoms with E-state index < -0.39 is 0 Å². The number of hydrogen-bond donors (Lipinski definition) is 2. The molecule has 3 rings (SSSR count). The Balaban J connectivity index is 1.68. The van der Waals surface area contributed by atoms with Crippen LogP contribution in [0.5, 0.6) is 0 Å². The smallest absolute Gasteiger partial charge is 0.322 e. The summed E-state index contributed by atoms with van der Waals surface area (Å²) in [4.78, 5) is 14.3. The van der Waals surface area contributed by atoms with Crippen molar-refractivity contribution in [2.45, 2.75) is 38.3 Å². The summed E-state index contributed by atoms with van der Waals surface area (Å²) in [5, 5.41) is 3.00. The molecule has 0 spiro atoms. The molecule has 4 nitrogen and oxygen atoms in total. The van der Waals surface area contributed by atoms with E-state index in [0.29, 0.717) is 6.04 Å². The minimum Gasteiger partial charge on any atom is -0.324 e. The van der Waals surface area contributed by atoms with E-state index in [9.17, 15) is 4.79 Å². The number of carbonyl (C=O) groups is 1. The highest BCUT2D eigenvalue weighted by atomic mass is 16.2. The van der Waals surface area contributed by atoms with Crippen LogP contribution in [0.25, 0.3) is 0 Å². The van der Waals surface area contributed by atoms with Crippen LogP contribution in [-0.2, 0) is 0 Å². The van der Waals surface area contributed by atoms with Crippen LogP contribution < -0.4 is 11.1 Å². The molecule has 1 aliphatic carbocycles. The predicted octanol–water partition coefficient (Wildman–Crippen LogP) is 2.72. The summed E-state index contributed by atoms with van der Waals surface area (Å²) in [7, 11) is 0. The highest BCUT2D eigenvalue weighted by molar-refractivity contribution is 5.90. The molecule has 1 saturated heterocycles. The van der Waals surface area contributed by atoms with Gasteiger partial charge in [0.2, 0.25) is 0 Å². The van der Waals surface area contributed by atoms with Crippen LogP contribution >= 0.6 is 0 Å². The molecule has 0 aromatic heterocycles. The number of likely N-dealkylation sites (tertiary alicyclic amines) is 1. The zero-order valence-electron chi connectivity index (χ0n) is 11.3. The van der Waals surface area contributed by atoms with Crippen molar-refractivity contribution in [2.24, 2.45) is 11.7 Å². The van der Waals surface area contributed by atoms with Crippen molar-refractivity contribution in [1.29, 1.82) is 0 Å². The van der Waals surface area contributed by atoms with Crippen molar-refractivity contribution in [2.75, 3.05) is 11.9 Å². The van der Waals surface area contributed by atoms with Crippen LogP contribution in [0.1, 0.15) is 37.8 Å². The Hall–Kier alpha value is -1.55. The molecule has 1 aliphatic heterocycles. The Morgan fingerprint density at radius 2 is 2.32 bits per heavy atom. The first-order valence-electron chi connectivity index (χ1n) is 7.06. The molecular weight excluding hydrogens is 238 g/mol. The van der Waals surface area contributed by atoms with Gasteiger partial charge in [-0.1, -0.05) is 12.1 Å². The molecule has 3 N–H and O–H groups in total. The summed E-state index contributed by atoms with van der Waals surface area (Å²) in [5.74, 6) is 0.728. The number of fused-ring (bicyclic) bond motifs is 2. The SMILES string of the molecule is CC(N)c1cccc(NC(=O)N2CC3CCC2C3)c1. The van der Waals surface area contributed by atoms with Crippen molar-refractivity contribution >= 4 is 11.7 Å². The molecule has 2 bridgehead atoms. The molecule has 1 heterocycles. The number of anilines is 1. The van der Waals surface area contributed by atoms with Gasteiger partial charge in [0.05, 0.1) is 0 Å². The third-order valence-electron chi connectivity index (χ3n) is 4.33. The second-order valence-corrected chi connectivity index (χ2v) is 5.83. The van der Waals surface area contributed by atoms with Crippen molar-refractivity contribution in [3.05, 3.63) is 29.8 Å². The lowest BCUT2D eigenvalue weighted by Gasteiger charge is -2.27. The Labute approximate surface area is 114 Å². The van der Waals surface area contributed by atoms with Gasteiger partial charge in [-0.15, -0.1) is 0 Å². The number of amides is 2. The normalized spacial score (nSPS) is 26.5. The molecular formula is C15H21N3O. The molecule has 2 fully saturated rings. The number of nitrogens with zero attached hydrogens (tertiary/aromatic N) is 1. The van der Waals surface area contributed by atoms with E-state index in [1.54, 1.807) is 0 Å². The number of nitrogens with one attached hydrogen (secondary N) is 1. The standard InChI is InChI=1S/C15H21N3O/c1-10(16)12-3-2-4-13(8-12)17-15(19)18-9-11-5-6-14(18)7-11/h2-4,8,10-11,14H,5-7,9,16H2,1H3,(H,17,19). The Kier molecular flexibility index (Phi) is 3.19. The lowest BCUT2D eigenvalue weighted by atomic mass is 10.1. The minimum atomic E-state index is -0.0142. The van der Waals surface area contributed by atoms with E-state index in [-0.39, 0.29) is 12.1 Å². The quantitative estimate of drug-likeness (QED) is 0.858. The first kappa shape index (κ1) is 12.5. The fourth-order valence-electron chi connectivity index (χ4n) is 3.27. The number of carbonyl (C=O) groups excluding carboxylic acids is 1. The fraction of sp³-hybridized carbons (Fsp3) is 0.533. The number of hydrogen-bond acceptors (Lipinski definition) is 2. The van der Waals surface area contributed by atoms with E-state index >= 15 is 0 Å². The number of rotatable bonds is 2. The lowest BCUT2D eigenvalue weighted by molar-refractivity contribution is 0.194. The van der Waals surface area contributed by atoms with Gasteiger partial charge in [0.25, 0.3) is 0 Å². The van der Waals surface area contributed by atoms with Gasteiger partial charge in [0.1, 0.15) is 0 Å². The minimum absolute atomic E-state index is 0.0142. The lowest BCUT2D eigenvalue weighted by Crippen LogP contribution is -2.40. The molecule has 0 radical (unpaired) electrons. The Morgan fingerprint density at radius 3 is 2.95 bits per heavy atom. The molecule has 1 aromatic rings. The maximum Gasteiger partial charge on any atom is 0.322 e. The number of piperidine rings is 1. The van der Waals surface area contributed by atoms with Gasteiger partial charge >= 0.3 is 6.03 Å². The van der Waals surface area contributed by atoms with E-state index in [4.69, 9.17) is 5.73 Å². The molecule has 1 aromatic carbocycles. The summed E-state index contributed by atoms with van der Waals surface area (Å²) >= 11 is 0. The summed E-state index contributed by atoms with van der Waals surface area (Å²) in [6.45, 7) is 2.86. The van der Waals surface area contributed by atoms with Gasteiger partial charge < -0.3 is 16.0 Å². The molecule has 4 heteroatoms. The van der Waals surface area contributed by atoms with Crippen LogP contribution in [0.15, 0.2) is 24.3 Å². The number of benzene rings is 1. The van der Waals surface area contributed by atoms with E-state index in [2.05, 4.69) is 5.32 Å². The maximum absolute atomic E-state index is 12.3. The highest BCUT2D eigenvalue weighted by Crippen LogP contribution is 2.37. The third kappa shape index (κ3) is 2.45. The Bertz CT molecular complexity index is 486. The molecule has 2 aliphatic rings. The van der Waals surface area contributed by atoms with Crippen LogP contribution in [0.3, 0.4) is 0 Å². The van der Waals surface area contributed by atoms with Gasteiger partial charge in [-0.05, 0) is 49.8 Å². The predicted molar refractivity (Wildman–Crippen MR) is 75.9 cm³/mol. The average Bonchev–Trinajstić information content (AvgIpc) is 3.01. The zero-order chi connectivity index (χ0) is 13.4. The summed E-state index contributed by atoms with van der Waals surface area (Å²) in [6, 6.07) is 8.27. The zero-order valence-corrected chi connectivity index (χ0v) is 11.3. The number of nitrogens with two attached hydrogens (primary N) is 1. The van der Waals surface area contributed by atoms with Gasteiger partial charge in [-0.2, -0.15) is 0 Å². The van der Waals surface area contributed by atoms with Crippen molar-refractivity contribution in [1.82, 2.24) is 4.90 Å². The molecule has 19 heavy (non-hydrogen) atoms. The summed E-state index contributed by atoms with van der Waals surface area (Å²) in [6.07, 6.45) is 3.64. The van der Waals surface area contributed by atoms with Crippen molar-refractivity contribution < 1.29 is 4.79 Å². The van der Waals surface area contributed by atoms with Crippen LogP contribution in [0.4, 0.5) is 10.5 Å². The van der Waals surface area contributed by atoms with Crippen LogP contribution in [0, 0.1) is 5.92 Å². The molecule has 1 saturated carbocycles. The maximum atomic E-state index is 12.3. The van der Waals surface area contributed by atoms with Crippen LogP contribution in [0.2, 0.25) is 0 Å². The fourth-order valence-corrected chi connectivity index (χ4v) is 3.27. The van der Waals surface area contributed by atoms with E-state index in [1.807, 2.05) is 36.1 Å². The van der Waals surface area contributed by atoms with E-state index in [0.717, 1.165) is 30.1 Å². The van der Waals surface area contributed by atoms with Crippen molar-refractivity contribution in [3.63, 3.8) is 0 Å². The van der Waals surface area contributed by atoms with Gasteiger partial charge in [0.15, 0.2) is 0 Å². The second-order valence-electron chi connectivity index (χ2n) is 5.83. The summed E-state index contributed by atoms with van der Waals surface area (Å²) < 4.78 is 0. The monoisotopic (exact) mass is 259 g/mol. The first-order chi connectivity index (χ1) is 9.13. The first-order valence-corrected chi connectivity index (χ1v) is 7.06. The molecule has 3 atom stereocenters. The highest BCUT2D eigenvalue weighted by Gasteiger charge is 2.40. The third-order valence-corrected chi connectivity index (χ3v) is 4.33. The van der Waals surface area contributed by atoms with Gasteiger partial charge in [0, 0.05) is 24.3 Å². The average molecular weight is 259 g/mol. The number of urea groups is 1. The van der Waals surface area contributed by atoms with Crippen molar-refractivity contribution in [3.8, 4) is 0 Å². The molecule has 102 valence electrons.